The number of carbonyl (C=O) groups excluding carboxylic acids is 2. The lowest BCUT2D eigenvalue weighted by Gasteiger charge is -2.30. The highest BCUT2D eigenvalue weighted by atomic mass is 16.2. The van der Waals surface area contributed by atoms with Gasteiger partial charge < -0.3 is 10.2 Å². The number of carbonyl (C=O) groups is 2. The van der Waals surface area contributed by atoms with Crippen LogP contribution in [0.3, 0.4) is 0 Å². The minimum atomic E-state index is 0.000395. The lowest BCUT2D eigenvalue weighted by atomic mass is 9.81. The molecule has 1 saturated carbocycles. The maximum atomic E-state index is 13.0. The average Bonchev–Trinajstić information content (AvgIpc) is 3.12. The Labute approximate surface area is 160 Å². The molecule has 0 radical (unpaired) electrons. The number of amides is 2. The van der Waals surface area contributed by atoms with Crippen molar-refractivity contribution in [2.75, 3.05) is 16.8 Å². The van der Waals surface area contributed by atoms with Gasteiger partial charge in [-0.3, -0.25) is 9.59 Å². The molecule has 2 amide bonds. The first-order chi connectivity index (χ1) is 13.1. The van der Waals surface area contributed by atoms with Gasteiger partial charge in [-0.2, -0.15) is 0 Å². The molecule has 1 aliphatic carbocycles. The molecule has 27 heavy (non-hydrogen) atoms. The van der Waals surface area contributed by atoms with Crippen LogP contribution in [0.5, 0.6) is 0 Å². The van der Waals surface area contributed by atoms with Crippen molar-refractivity contribution in [1.82, 2.24) is 0 Å². The van der Waals surface area contributed by atoms with Gasteiger partial charge in [0, 0.05) is 29.8 Å². The number of benzene rings is 2. The van der Waals surface area contributed by atoms with Gasteiger partial charge in [0.05, 0.1) is 0 Å². The summed E-state index contributed by atoms with van der Waals surface area (Å²) in [7, 11) is 0. The van der Waals surface area contributed by atoms with Gasteiger partial charge in [0.25, 0.3) is 0 Å². The van der Waals surface area contributed by atoms with E-state index in [-0.39, 0.29) is 23.7 Å². The van der Waals surface area contributed by atoms with E-state index in [1.807, 2.05) is 54.3 Å². The molecule has 1 aliphatic heterocycles. The van der Waals surface area contributed by atoms with Crippen LogP contribution in [0.15, 0.2) is 48.5 Å². The Morgan fingerprint density at radius 2 is 1.70 bits per heavy atom. The van der Waals surface area contributed by atoms with E-state index in [0.29, 0.717) is 0 Å². The molecular weight excluding hydrogens is 336 g/mol. The first-order valence-corrected chi connectivity index (χ1v) is 9.88. The van der Waals surface area contributed by atoms with Gasteiger partial charge in [-0.1, -0.05) is 30.3 Å². The number of nitrogens with zero attached hydrogens (tertiary/aromatic N) is 1. The molecule has 0 saturated heterocycles. The zero-order valence-corrected chi connectivity index (χ0v) is 15.8. The molecule has 2 aromatic rings. The molecule has 0 atom stereocenters. The lowest BCUT2D eigenvalue weighted by Crippen LogP contribution is -2.38. The second kappa shape index (κ2) is 7.55. The molecule has 1 N–H and O–H groups in total. The predicted octanol–water partition coefficient (Wildman–Crippen LogP) is 4.33. The molecule has 1 heterocycles. The second-order valence-corrected chi connectivity index (χ2v) is 7.78. The number of para-hydroxylation sites is 1. The van der Waals surface area contributed by atoms with Gasteiger partial charge in [-0.15, -0.1) is 0 Å². The molecule has 2 aromatic carbocycles. The van der Waals surface area contributed by atoms with E-state index in [9.17, 15) is 9.59 Å². The third-order valence-corrected chi connectivity index (χ3v) is 5.89. The van der Waals surface area contributed by atoms with Crippen LogP contribution in [0.1, 0.15) is 36.8 Å². The summed E-state index contributed by atoms with van der Waals surface area (Å²) in [6.45, 7) is 2.80. The van der Waals surface area contributed by atoms with Crippen molar-refractivity contribution in [3.05, 3.63) is 59.7 Å². The molecule has 1 fully saturated rings. The molecule has 4 heteroatoms. The van der Waals surface area contributed by atoms with Crippen LogP contribution in [-0.2, 0) is 16.0 Å². The monoisotopic (exact) mass is 362 g/mol. The van der Waals surface area contributed by atoms with Gasteiger partial charge >= 0.3 is 0 Å². The number of fused-ring (bicyclic) bond motifs is 1. The molecule has 0 unspecified atom stereocenters. The van der Waals surface area contributed by atoms with Crippen molar-refractivity contribution in [3.63, 3.8) is 0 Å². The normalized spacial score (nSPS) is 21.6. The van der Waals surface area contributed by atoms with Gasteiger partial charge in [-0.25, -0.2) is 0 Å². The number of anilines is 2. The summed E-state index contributed by atoms with van der Waals surface area (Å²) in [6, 6.07) is 16.1. The maximum absolute atomic E-state index is 13.0. The van der Waals surface area contributed by atoms with Gasteiger partial charge in [0.1, 0.15) is 0 Å². The van der Waals surface area contributed by atoms with Crippen molar-refractivity contribution >= 4 is 23.2 Å². The van der Waals surface area contributed by atoms with Crippen LogP contribution in [0.4, 0.5) is 11.4 Å². The van der Waals surface area contributed by atoms with Crippen LogP contribution in [-0.4, -0.2) is 18.4 Å². The molecule has 0 aromatic heterocycles. The maximum Gasteiger partial charge on any atom is 0.230 e. The van der Waals surface area contributed by atoms with E-state index in [0.717, 1.165) is 55.6 Å². The highest BCUT2D eigenvalue weighted by Crippen LogP contribution is 2.35. The fourth-order valence-electron chi connectivity index (χ4n) is 4.36. The van der Waals surface area contributed by atoms with E-state index in [1.165, 1.54) is 5.56 Å². The van der Waals surface area contributed by atoms with Crippen LogP contribution < -0.4 is 10.2 Å². The molecule has 0 spiro atoms. The Morgan fingerprint density at radius 1 is 0.963 bits per heavy atom. The Morgan fingerprint density at radius 3 is 2.48 bits per heavy atom. The van der Waals surface area contributed by atoms with Gasteiger partial charge in [0.2, 0.25) is 11.8 Å². The minimum absolute atomic E-state index is 0.000395. The Hall–Kier alpha value is -2.62. The third-order valence-electron chi connectivity index (χ3n) is 5.89. The smallest absolute Gasteiger partial charge is 0.230 e. The number of hydrogen-bond acceptors (Lipinski definition) is 2. The van der Waals surface area contributed by atoms with Crippen molar-refractivity contribution in [1.29, 1.82) is 0 Å². The summed E-state index contributed by atoms with van der Waals surface area (Å²) >= 11 is 0. The zero-order valence-electron chi connectivity index (χ0n) is 15.8. The number of nitrogens with one attached hydrogen (secondary N) is 1. The standard InChI is InChI=1S/C23H26N2O2/c1-16-5-4-7-20(15-16)24-22(26)18-9-11-19(12-10-18)23(27)25-14-13-17-6-2-3-8-21(17)25/h2-8,15,18-19H,9-14H2,1H3,(H,24,26). The predicted molar refractivity (Wildman–Crippen MR) is 108 cm³/mol. The van der Waals surface area contributed by atoms with Crippen LogP contribution in [0, 0.1) is 18.8 Å². The summed E-state index contributed by atoms with van der Waals surface area (Å²) in [5, 5.41) is 3.03. The Balaban J connectivity index is 1.34. The second-order valence-electron chi connectivity index (χ2n) is 7.78. The number of aryl methyl sites for hydroxylation is 1. The molecular formula is C23H26N2O2. The molecule has 0 bridgehead atoms. The summed E-state index contributed by atoms with van der Waals surface area (Å²) in [6.07, 6.45) is 4.09. The first kappa shape index (κ1) is 17.8. The minimum Gasteiger partial charge on any atom is -0.326 e. The highest BCUT2D eigenvalue weighted by Gasteiger charge is 2.34. The van der Waals surface area contributed by atoms with Crippen molar-refractivity contribution in [2.45, 2.75) is 39.0 Å². The fourth-order valence-corrected chi connectivity index (χ4v) is 4.36. The third kappa shape index (κ3) is 3.75. The van der Waals surface area contributed by atoms with Crippen LogP contribution >= 0.6 is 0 Å². The van der Waals surface area contributed by atoms with E-state index in [1.54, 1.807) is 0 Å². The van der Waals surface area contributed by atoms with Crippen LogP contribution in [0.2, 0.25) is 0 Å². The first-order valence-electron chi connectivity index (χ1n) is 9.88. The molecule has 140 valence electrons. The summed E-state index contributed by atoms with van der Waals surface area (Å²) in [4.78, 5) is 27.5. The highest BCUT2D eigenvalue weighted by molar-refractivity contribution is 5.97. The van der Waals surface area contributed by atoms with Crippen molar-refractivity contribution in [2.24, 2.45) is 11.8 Å². The fraction of sp³-hybridized carbons (Fsp3) is 0.391. The summed E-state index contributed by atoms with van der Waals surface area (Å²) in [5.74, 6) is 0.357. The summed E-state index contributed by atoms with van der Waals surface area (Å²) < 4.78 is 0. The Bertz CT molecular complexity index is 853. The van der Waals surface area contributed by atoms with E-state index >= 15 is 0 Å². The topological polar surface area (TPSA) is 49.4 Å². The van der Waals surface area contributed by atoms with Crippen molar-refractivity contribution < 1.29 is 9.59 Å². The van der Waals surface area contributed by atoms with Gasteiger partial charge in [-0.05, 0) is 68.4 Å². The molecule has 2 aliphatic rings. The molecule has 4 nitrogen and oxygen atoms in total. The van der Waals surface area contributed by atoms with E-state index in [2.05, 4.69) is 11.4 Å². The largest absolute Gasteiger partial charge is 0.326 e. The van der Waals surface area contributed by atoms with Crippen LogP contribution in [0.25, 0.3) is 0 Å². The Kier molecular flexibility index (Phi) is 4.97. The lowest BCUT2D eigenvalue weighted by molar-refractivity contribution is -0.126. The number of hydrogen-bond donors (Lipinski definition) is 1. The average molecular weight is 362 g/mol. The summed E-state index contributed by atoms with van der Waals surface area (Å²) in [5.41, 5.74) is 4.32. The zero-order chi connectivity index (χ0) is 18.8. The number of rotatable bonds is 3. The van der Waals surface area contributed by atoms with Gasteiger partial charge in [0.15, 0.2) is 0 Å². The SMILES string of the molecule is Cc1cccc(NC(=O)C2CCC(C(=O)N3CCc4ccccc43)CC2)c1. The molecule has 4 rings (SSSR count). The van der Waals surface area contributed by atoms with E-state index < -0.39 is 0 Å². The van der Waals surface area contributed by atoms with Crippen molar-refractivity contribution in [3.8, 4) is 0 Å². The van der Waals surface area contributed by atoms with E-state index in [4.69, 9.17) is 0 Å². The quantitative estimate of drug-likeness (QED) is 0.883.